The molecule has 4 rings (SSSR count). The summed E-state index contributed by atoms with van der Waals surface area (Å²) in [5.74, 6) is 0.618. The lowest BCUT2D eigenvalue weighted by atomic mass is 9.95. The van der Waals surface area contributed by atoms with E-state index in [9.17, 15) is 9.59 Å². The number of furan rings is 1. The van der Waals surface area contributed by atoms with E-state index in [2.05, 4.69) is 15.3 Å². The highest BCUT2D eigenvalue weighted by atomic mass is 16.5. The number of aryl methyl sites for hydroxylation is 1. The predicted octanol–water partition coefficient (Wildman–Crippen LogP) is 3.66. The molecule has 0 atom stereocenters. The zero-order chi connectivity index (χ0) is 20.9. The van der Waals surface area contributed by atoms with Crippen LogP contribution in [0.3, 0.4) is 0 Å². The first kappa shape index (κ1) is 19.6. The highest BCUT2D eigenvalue weighted by Gasteiger charge is 2.29. The van der Waals surface area contributed by atoms with Gasteiger partial charge in [0.2, 0.25) is 5.91 Å². The molecule has 1 aliphatic rings. The van der Waals surface area contributed by atoms with Crippen molar-refractivity contribution in [2.45, 2.75) is 19.8 Å². The summed E-state index contributed by atoms with van der Waals surface area (Å²) in [6, 6.07) is 10.7. The standard InChI is InChI=1S/C22H22N4O4/c1-15-14-17(30-22-23-9-3-10-24-22)5-6-18(15)25-20(27)16-7-11-26(12-8-16)21(28)19-4-2-13-29-19/h2-6,9-10,13-14,16H,7-8,11-12H2,1H3,(H,25,27). The van der Waals surface area contributed by atoms with Gasteiger partial charge in [0.05, 0.1) is 6.26 Å². The minimum absolute atomic E-state index is 0.0386. The summed E-state index contributed by atoms with van der Waals surface area (Å²) in [4.78, 5) is 34.9. The van der Waals surface area contributed by atoms with E-state index in [1.807, 2.05) is 13.0 Å². The van der Waals surface area contributed by atoms with E-state index in [0.29, 0.717) is 37.4 Å². The second-order valence-corrected chi connectivity index (χ2v) is 7.14. The minimum atomic E-state index is -0.140. The van der Waals surface area contributed by atoms with Crippen molar-refractivity contribution < 1.29 is 18.7 Å². The smallest absolute Gasteiger partial charge is 0.321 e. The Kier molecular flexibility index (Phi) is 5.74. The monoisotopic (exact) mass is 406 g/mol. The Morgan fingerprint density at radius 3 is 2.57 bits per heavy atom. The van der Waals surface area contributed by atoms with Crippen LogP contribution in [0.15, 0.2) is 59.5 Å². The fourth-order valence-corrected chi connectivity index (χ4v) is 3.42. The van der Waals surface area contributed by atoms with Crippen LogP contribution in [0.25, 0.3) is 0 Å². The zero-order valence-corrected chi connectivity index (χ0v) is 16.6. The first-order valence-corrected chi connectivity index (χ1v) is 9.79. The number of carbonyl (C=O) groups is 2. The zero-order valence-electron chi connectivity index (χ0n) is 16.6. The summed E-state index contributed by atoms with van der Waals surface area (Å²) < 4.78 is 10.8. The molecule has 2 amide bonds. The van der Waals surface area contributed by atoms with Gasteiger partial charge in [-0.1, -0.05) is 0 Å². The first-order chi connectivity index (χ1) is 14.6. The normalized spacial score (nSPS) is 14.4. The Bertz CT molecular complexity index is 1010. The Balaban J connectivity index is 1.32. The molecule has 0 unspecified atom stereocenters. The molecule has 0 bridgehead atoms. The van der Waals surface area contributed by atoms with Crippen molar-refractivity contribution in [1.29, 1.82) is 0 Å². The van der Waals surface area contributed by atoms with Crippen LogP contribution in [0, 0.1) is 12.8 Å². The number of hydrogen-bond acceptors (Lipinski definition) is 6. The molecule has 8 nitrogen and oxygen atoms in total. The van der Waals surface area contributed by atoms with E-state index < -0.39 is 0 Å². The van der Waals surface area contributed by atoms with Crippen molar-refractivity contribution in [3.63, 3.8) is 0 Å². The third-order valence-corrected chi connectivity index (χ3v) is 5.09. The van der Waals surface area contributed by atoms with E-state index in [4.69, 9.17) is 9.15 Å². The van der Waals surface area contributed by atoms with Crippen LogP contribution in [-0.2, 0) is 4.79 Å². The second kappa shape index (κ2) is 8.77. The maximum absolute atomic E-state index is 12.7. The van der Waals surface area contributed by atoms with Crippen molar-refractivity contribution in [1.82, 2.24) is 14.9 Å². The average molecular weight is 406 g/mol. The van der Waals surface area contributed by atoms with Crippen molar-refractivity contribution in [2.24, 2.45) is 5.92 Å². The molecule has 0 spiro atoms. The van der Waals surface area contributed by atoms with Gasteiger partial charge in [-0.3, -0.25) is 9.59 Å². The minimum Gasteiger partial charge on any atom is -0.459 e. The van der Waals surface area contributed by atoms with Crippen LogP contribution in [0.2, 0.25) is 0 Å². The van der Waals surface area contributed by atoms with Gasteiger partial charge in [0, 0.05) is 37.1 Å². The van der Waals surface area contributed by atoms with Crippen LogP contribution in [0.4, 0.5) is 5.69 Å². The van der Waals surface area contributed by atoms with E-state index >= 15 is 0 Å². The SMILES string of the molecule is Cc1cc(Oc2ncccn2)ccc1NC(=O)C1CCN(C(=O)c2ccco2)CC1. The van der Waals surface area contributed by atoms with E-state index in [-0.39, 0.29) is 23.7 Å². The number of nitrogens with one attached hydrogen (secondary N) is 1. The van der Waals surface area contributed by atoms with E-state index in [1.165, 1.54) is 6.26 Å². The molecule has 154 valence electrons. The summed E-state index contributed by atoms with van der Waals surface area (Å²) in [5, 5.41) is 2.99. The van der Waals surface area contributed by atoms with Crippen LogP contribution < -0.4 is 10.1 Å². The van der Waals surface area contributed by atoms with Gasteiger partial charge in [-0.25, -0.2) is 9.97 Å². The summed E-state index contributed by atoms with van der Waals surface area (Å²) in [7, 11) is 0. The van der Waals surface area contributed by atoms with Crippen LogP contribution >= 0.6 is 0 Å². The molecular formula is C22H22N4O4. The molecule has 3 aromatic rings. The fraction of sp³-hybridized carbons (Fsp3) is 0.273. The molecular weight excluding hydrogens is 384 g/mol. The predicted molar refractivity (Wildman–Crippen MR) is 109 cm³/mol. The lowest BCUT2D eigenvalue weighted by molar-refractivity contribution is -0.121. The summed E-state index contributed by atoms with van der Waals surface area (Å²) in [6.45, 7) is 2.96. The lowest BCUT2D eigenvalue weighted by Gasteiger charge is -2.30. The Labute approximate surface area is 173 Å². The number of amides is 2. The van der Waals surface area contributed by atoms with E-state index in [0.717, 1.165) is 11.3 Å². The number of carbonyl (C=O) groups excluding carboxylic acids is 2. The van der Waals surface area contributed by atoms with Crippen molar-refractivity contribution in [3.05, 3.63) is 66.4 Å². The molecule has 3 heterocycles. The quantitative estimate of drug-likeness (QED) is 0.694. The Morgan fingerprint density at radius 1 is 1.13 bits per heavy atom. The number of nitrogens with zero attached hydrogens (tertiary/aromatic N) is 3. The Hall–Kier alpha value is -3.68. The molecule has 1 aromatic carbocycles. The van der Waals surface area contributed by atoms with Crippen LogP contribution in [0.5, 0.6) is 11.8 Å². The van der Waals surface area contributed by atoms with Crippen molar-refractivity contribution in [3.8, 4) is 11.8 Å². The van der Waals surface area contributed by atoms with Gasteiger partial charge in [-0.05, 0) is 61.7 Å². The number of ether oxygens (including phenoxy) is 1. The maximum Gasteiger partial charge on any atom is 0.321 e. The van der Waals surface area contributed by atoms with Gasteiger partial charge < -0.3 is 19.4 Å². The highest BCUT2D eigenvalue weighted by Crippen LogP contribution is 2.26. The van der Waals surface area contributed by atoms with Gasteiger partial charge in [0.1, 0.15) is 5.75 Å². The average Bonchev–Trinajstić information content (AvgIpc) is 3.31. The molecule has 8 heteroatoms. The number of likely N-dealkylation sites (tertiary alicyclic amines) is 1. The lowest BCUT2D eigenvalue weighted by Crippen LogP contribution is -2.41. The number of hydrogen-bond donors (Lipinski definition) is 1. The topological polar surface area (TPSA) is 97.6 Å². The van der Waals surface area contributed by atoms with Crippen LogP contribution in [0.1, 0.15) is 29.0 Å². The second-order valence-electron chi connectivity index (χ2n) is 7.14. The molecule has 1 N–H and O–H groups in total. The van der Waals surface area contributed by atoms with Crippen molar-refractivity contribution in [2.75, 3.05) is 18.4 Å². The third-order valence-electron chi connectivity index (χ3n) is 5.09. The molecule has 0 aliphatic carbocycles. The molecule has 2 aromatic heterocycles. The van der Waals surface area contributed by atoms with Gasteiger partial charge >= 0.3 is 6.01 Å². The van der Waals surface area contributed by atoms with Gasteiger partial charge in [0.15, 0.2) is 5.76 Å². The molecule has 1 fully saturated rings. The fourth-order valence-electron chi connectivity index (χ4n) is 3.42. The number of piperidine rings is 1. The number of aromatic nitrogens is 2. The highest BCUT2D eigenvalue weighted by molar-refractivity contribution is 5.94. The Morgan fingerprint density at radius 2 is 1.90 bits per heavy atom. The van der Waals surface area contributed by atoms with Gasteiger partial charge in [-0.15, -0.1) is 0 Å². The summed E-state index contributed by atoms with van der Waals surface area (Å²) in [6.07, 6.45) is 5.93. The molecule has 0 saturated carbocycles. The molecule has 1 saturated heterocycles. The maximum atomic E-state index is 12.7. The number of benzene rings is 1. The largest absolute Gasteiger partial charge is 0.459 e. The molecule has 1 aliphatic heterocycles. The van der Waals surface area contributed by atoms with Crippen molar-refractivity contribution >= 4 is 17.5 Å². The molecule has 0 radical (unpaired) electrons. The van der Waals surface area contributed by atoms with Crippen LogP contribution in [-0.4, -0.2) is 39.8 Å². The van der Waals surface area contributed by atoms with E-state index in [1.54, 1.807) is 47.6 Å². The van der Waals surface area contributed by atoms with Gasteiger partial charge in [0.25, 0.3) is 5.91 Å². The number of anilines is 1. The van der Waals surface area contributed by atoms with Gasteiger partial charge in [-0.2, -0.15) is 0 Å². The number of rotatable bonds is 5. The first-order valence-electron chi connectivity index (χ1n) is 9.79. The summed E-state index contributed by atoms with van der Waals surface area (Å²) >= 11 is 0. The molecule has 30 heavy (non-hydrogen) atoms. The summed E-state index contributed by atoms with van der Waals surface area (Å²) in [5.41, 5.74) is 1.61. The third kappa shape index (κ3) is 4.48.